The van der Waals surface area contributed by atoms with Crippen LogP contribution in [0.1, 0.15) is 13.8 Å². The zero-order valence-corrected chi connectivity index (χ0v) is 10.00. The van der Waals surface area contributed by atoms with Crippen LogP contribution in [0.4, 0.5) is 10.1 Å². The molecule has 17 heavy (non-hydrogen) atoms. The van der Waals surface area contributed by atoms with E-state index < -0.39 is 0 Å². The van der Waals surface area contributed by atoms with E-state index in [4.69, 9.17) is 4.84 Å². The molecule has 1 aromatic rings. The van der Waals surface area contributed by atoms with E-state index in [0.717, 1.165) is 0 Å². The molecule has 0 heterocycles. The normalized spacial score (nSPS) is 10.6. The van der Waals surface area contributed by atoms with Crippen LogP contribution in [0.15, 0.2) is 24.3 Å². The summed E-state index contributed by atoms with van der Waals surface area (Å²) in [5, 5.41) is 2.61. The molecule has 4 nitrogen and oxygen atoms in total. The van der Waals surface area contributed by atoms with E-state index in [1.54, 1.807) is 0 Å². The minimum atomic E-state index is -0.332. The Hall–Kier alpha value is -1.46. The summed E-state index contributed by atoms with van der Waals surface area (Å²) in [4.78, 5) is 16.4. The van der Waals surface area contributed by atoms with Crippen molar-refractivity contribution >= 4 is 11.6 Å². The fraction of sp³-hybridized carbons (Fsp3) is 0.417. The lowest BCUT2D eigenvalue weighted by Gasteiger charge is -2.08. The van der Waals surface area contributed by atoms with E-state index in [0.29, 0.717) is 18.2 Å². The monoisotopic (exact) mass is 240 g/mol. The van der Waals surface area contributed by atoms with Gasteiger partial charge in [-0.15, -0.1) is 0 Å². The van der Waals surface area contributed by atoms with E-state index in [9.17, 15) is 9.18 Å². The molecule has 0 atom stereocenters. The lowest BCUT2D eigenvalue weighted by molar-refractivity contribution is -0.118. The molecule has 0 fully saturated rings. The van der Waals surface area contributed by atoms with Gasteiger partial charge in [0.15, 0.2) is 0 Å². The Balaban J connectivity index is 2.23. The Labute approximate surface area is 100 Å². The Bertz CT molecular complexity index is 352. The molecule has 0 unspecified atom stereocenters. The third kappa shape index (κ3) is 5.99. The maximum absolute atomic E-state index is 12.6. The smallest absolute Gasteiger partial charge is 0.240 e. The number of benzene rings is 1. The van der Waals surface area contributed by atoms with E-state index in [-0.39, 0.29) is 18.3 Å². The summed E-state index contributed by atoms with van der Waals surface area (Å²) in [6.07, 6.45) is 0. The number of rotatable bonds is 6. The van der Waals surface area contributed by atoms with Crippen molar-refractivity contribution in [3.63, 3.8) is 0 Å². The first-order chi connectivity index (χ1) is 8.08. The van der Waals surface area contributed by atoms with Crippen LogP contribution in [-0.4, -0.2) is 19.1 Å². The summed E-state index contributed by atoms with van der Waals surface area (Å²) in [6.45, 7) is 4.63. The summed E-state index contributed by atoms with van der Waals surface area (Å²) in [5.74, 6) is -0.163. The zero-order chi connectivity index (χ0) is 12.7. The van der Waals surface area contributed by atoms with Gasteiger partial charge in [-0.1, -0.05) is 13.8 Å². The molecule has 1 amide bonds. The van der Waals surface area contributed by atoms with Crippen molar-refractivity contribution in [1.82, 2.24) is 5.48 Å². The van der Waals surface area contributed by atoms with Crippen molar-refractivity contribution in [2.45, 2.75) is 13.8 Å². The van der Waals surface area contributed by atoms with Crippen molar-refractivity contribution in [1.29, 1.82) is 0 Å². The highest BCUT2D eigenvalue weighted by atomic mass is 19.1. The molecule has 0 aliphatic carbocycles. The van der Waals surface area contributed by atoms with E-state index in [1.807, 2.05) is 13.8 Å². The first-order valence-electron chi connectivity index (χ1n) is 5.48. The van der Waals surface area contributed by atoms with Gasteiger partial charge in [-0.3, -0.25) is 4.79 Å². The number of amides is 1. The second kappa shape index (κ2) is 6.98. The molecule has 94 valence electrons. The van der Waals surface area contributed by atoms with Gasteiger partial charge in [0, 0.05) is 5.69 Å². The summed E-state index contributed by atoms with van der Waals surface area (Å²) >= 11 is 0. The van der Waals surface area contributed by atoms with Gasteiger partial charge in [-0.25, -0.2) is 4.39 Å². The fourth-order valence-electron chi connectivity index (χ4n) is 1.08. The van der Waals surface area contributed by atoms with Crippen LogP contribution in [0.3, 0.4) is 0 Å². The molecule has 0 radical (unpaired) electrons. The highest BCUT2D eigenvalue weighted by Crippen LogP contribution is 2.07. The molecule has 2 N–H and O–H groups in total. The Kier molecular flexibility index (Phi) is 5.59. The van der Waals surface area contributed by atoms with E-state index >= 15 is 0 Å². The summed E-state index contributed by atoms with van der Waals surface area (Å²) in [7, 11) is 0. The Morgan fingerprint density at radius 2 is 2.00 bits per heavy atom. The number of hydrogen-bond acceptors (Lipinski definition) is 3. The van der Waals surface area contributed by atoms with Crippen LogP contribution in [0.25, 0.3) is 0 Å². The van der Waals surface area contributed by atoms with Crippen molar-refractivity contribution in [2.75, 3.05) is 18.5 Å². The van der Waals surface area contributed by atoms with Crippen LogP contribution >= 0.6 is 0 Å². The highest BCUT2D eigenvalue weighted by Gasteiger charge is 2.02. The number of hydroxylamine groups is 1. The minimum Gasteiger partial charge on any atom is -0.325 e. The molecule has 0 saturated carbocycles. The van der Waals surface area contributed by atoms with Gasteiger partial charge in [0.05, 0.1) is 6.61 Å². The van der Waals surface area contributed by atoms with Gasteiger partial charge in [0.25, 0.3) is 0 Å². The van der Waals surface area contributed by atoms with E-state index in [1.165, 1.54) is 24.3 Å². The first kappa shape index (κ1) is 13.6. The lowest BCUT2D eigenvalue weighted by Crippen LogP contribution is -2.29. The maximum Gasteiger partial charge on any atom is 0.240 e. The highest BCUT2D eigenvalue weighted by molar-refractivity contribution is 5.92. The predicted molar refractivity (Wildman–Crippen MR) is 63.8 cm³/mol. The molecular weight excluding hydrogens is 223 g/mol. The van der Waals surface area contributed by atoms with Crippen LogP contribution in [-0.2, 0) is 9.63 Å². The molecule has 0 aliphatic heterocycles. The molecule has 0 spiro atoms. The molecule has 1 rings (SSSR count). The SMILES string of the molecule is CC(C)CONCC(=O)Nc1ccc(F)cc1. The molecule has 0 aliphatic rings. The van der Waals surface area contributed by atoms with Gasteiger partial charge in [-0.05, 0) is 30.2 Å². The van der Waals surface area contributed by atoms with Crippen LogP contribution in [0, 0.1) is 11.7 Å². The second-order valence-electron chi connectivity index (χ2n) is 4.08. The predicted octanol–water partition coefficient (Wildman–Crippen LogP) is 1.94. The second-order valence-corrected chi connectivity index (χ2v) is 4.08. The quantitative estimate of drug-likeness (QED) is 0.590. The third-order valence-corrected chi connectivity index (χ3v) is 1.88. The third-order valence-electron chi connectivity index (χ3n) is 1.88. The average molecular weight is 240 g/mol. The summed E-state index contributed by atoms with van der Waals surface area (Å²) in [5.41, 5.74) is 3.12. The number of nitrogens with one attached hydrogen (secondary N) is 2. The topological polar surface area (TPSA) is 50.4 Å². The average Bonchev–Trinajstić information content (AvgIpc) is 2.27. The molecule has 1 aromatic carbocycles. The van der Waals surface area contributed by atoms with Gasteiger partial charge >= 0.3 is 0 Å². The molecule has 0 bridgehead atoms. The van der Waals surface area contributed by atoms with Crippen molar-refractivity contribution in [2.24, 2.45) is 5.92 Å². The van der Waals surface area contributed by atoms with Gasteiger partial charge in [-0.2, -0.15) is 5.48 Å². The van der Waals surface area contributed by atoms with Crippen molar-refractivity contribution in [3.8, 4) is 0 Å². The number of hydrogen-bond donors (Lipinski definition) is 2. The Morgan fingerprint density at radius 1 is 1.35 bits per heavy atom. The van der Waals surface area contributed by atoms with Crippen LogP contribution in [0.5, 0.6) is 0 Å². The standard InChI is InChI=1S/C12H17FN2O2/c1-9(2)8-17-14-7-12(16)15-11-5-3-10(13)4-6-11/h3-6,9,14H,7-8H2,1-2H3,(H,15,16). The number of anilines is 1. The summed E-state index contributed by atoms with van der Waals surface area (Å²) < 4.78 is 12.6. The van der Waals surface area contributed by atoms with Crippen molar-refractivity contribution in [3.05, 3.63) is 30.1 Å². The number of carbonyl (C=O) groups is 1. The van der Waals surface area contributed by atoms with Crippen LogP contribution in [0.2, 0.25) is 0 Å². The largest absolute Gasteiger partial charge is 0.325 e. The molecule has 0 saturated heterocycles. The van der Waals surface area contributed by atoms with E-state index in [2.05, 4.69) is 10.8 Å². The summed E-state index contributed by atoms with van der Waals surface area (Å²) in [6, 6.07) is 5.58. The molecule has 0 aromatic heterocycles. The van der Waals surface area contributed by atoms with Gasteiger partial charge < -0.3 is 10.2 Å². The van der Waals surface area contributed by atoms with Gasteiger partial charge in [0.2, 0.25) is 5.91 Å². The maximum atomic E-state index is 12.6. The van der Waals surface area contributed by atoms with Gasteiger partial charge in [0.1, 0.15) is 12.4 Å². The van der Waals surface area contributed by atoms with Crippen LogP contribution < -0.4 is 10.8 Å². The Morgan fingerprint density at radius 3 is 2.59 bits per heavy atom. The molecular formula is C12H17FN2O2. The minimum absolute atomic E-state index is 0.0596. The zero-order valence-electron chi connectivity index (χ0n) is 10.00. The molecule has 5 heteroatoms. The number of halogens is 1. The number of carbonyl (C=O) groups excluding carboxylic acids is 1. The fourth-order valence-corrected chi connectivity index (χ4v) is 1.08. The first-order valence-corrected chi connectivity index (χ1v) is 5.48. The van der Waals surface area contributed by atoms with Crippen molar-refractivity contribution < 1.29 is 14.0 Å². The lowest BCUT2D eigenvalue weighted by atomic mass is 10.2.